The average Bonchev–Trinajstić information content (AvgIpc) is 2.83. The molecule has 0 spiro atoms. The van der Waals surface area contributed by atoms with E-state index in [0.717, 1.165) is 0 Å². The number of hydrogen-bond donors (Lipinski definition) is 1. The van der Waals surface area contributed by atoms with Crippen molar-refractivity contribution in [3.63, 3.8) is 0 Å². The maximum atomic E-state index is 11.9. The highest BCUT2D eigenvalue weighted by Crippen LogP contribution is 2.13. The lowest BCUT2D eigenvalue weighted by Crippen LogP contribution is -2.36. The van der Waals surface area contributed by atoms with Crippen molar-refractivity contribution in [2.45, 2.75) is 19.1 Å². The number of benzene rings is 1. The SMILES string of the molecule is O=C(COC(=O)CCn1c(=O)oc2ccccc21)NCC(F)(F)F. The van der Waals surface area contributed by atoms with Gasteiger partial charge >= 0.3 is 17.9 Å². The first-order chi connectivity index (χ1) is 11.3. The van der Waals surface area contributed by atoms with Crippen molar-refractivity contribution < 1.29 is 31.9 Å². The van der Waals surface area contributed by atoms with Crippen molar-refractivity contribution in [3.8, 4) is 0 Å². The molecule has 0 fully saturated rings. The second kappa shape index (κ2) is 7.20. The zero-order valence-electron chi connectivity index (χ0n) is 12.3. The Morgan fingerprint density at radius 2 is 1.96 bits per heavy atom. The lowest BCUT2D eigenvalue weighted by Gasteiger charge is -2.08. The van der Waals surface area contributed by atoms with Gasteiger partial charge in [0, 0.05) is 6.54 Å². The summed E-state index contributed by atoms with van der Waals surface area (Å²) in [5.41, 5.74) is 0.862. The van der Waals surface area contributed by atoms with Crippen molar-refractivity contribution in [2.75, 3.05) is 13.2 Å². The first-order valence-corrected chi connectivity index (χ1v) is 6.84. The van der Waals surface area contributed by atoms with Gasteiger partial charge in [-0.1, -0.05) is 12.1 Å². The van der Waals surface area contributed by atoms with Crippen LogP contribution in [0.15, 0.2) is 33.5 Å². The van der Waals surface area contributed by atoms with E-state index in [1.165, 1.54) is 4.57 Å². The second-order valence-corrected chi connectivity index (χ2v) is 4.79. The van der Waals surface area contributed by atoms with Crippen LogP contribution in [0.4, 0.5) is 13.2 Å². The standard InChI is InChI=1S/C14H13F3N2O5/c15-14(16,17)8-18-11(20)7-23-12(21)5-6-19-9-3-1-2-4-10(9)24-13(19)22/h1-4H,5-8H2,(H,18,20). The first-order valence-electron chi connectivity index (χ1n) is 6.84. The summed E-state index contributed by atoms with van der Waals surface area (Å²) in [4.78, 5) is 34.3. The highest BCUT2D eigenvalue weighted by molar-refractivity contribution is 5.80. The number of rotatable bonds is 6. The van der Waals surface area contributed by atoms with Crippen molar-refractivity contribution in [1.82, 2.24) is 9.88 Å². The van der Waals surface area contributed by atoms with Crippen LogP contribution in [0.5, 0.6) is 0 Å². The molecule has 0 aliphatic heterocycles. The number of alkyl halides is 3. The Morgan fingerprint density at radius 1 is 1.25 bits per heavy atom. The summed E-state index contributed by atoms with van der Waals surface area (Å²) in [6.07, 6.45) is -4.78. The Bertz CT molecular complexity index is 794. The molecule has 1 amide bonds. The van der Waals surface area contributed by atoms with Gasteiger partial charge in [0.15, 0.2) is 12.2 Å². The van der Waals surface area contributed by atoms with Gasteiger partial charge < -0.3 is 14.5 Å². The van der Waals surface area contributed by atoms with Crippen molar-refractivity contribution in [1.29, 1.82) is 0 Å². The fraction of sp³-hybridized carbons (Fsp3) is 0.357. The Labute approximate surface area is 133 Å². The van der Waals surface area contributed by atoms with E-state index in [2.05, 4.69) is 4.74 Å². The molecule has 2 rings (SSSR count). The van der Waals surface area contributed by atoms with Crippen LogP contribution >= 0.6 is 0 Å². The number of hydrogen-bond acceptors (Lipinski definition) is 5. The number of para-hydroxylation sites is 2. The molecule has 0 atom stereocenters. The summed E-state index contributed by atoms with van der Waals surface area (Å²) in [7, 11) is 0. The minimum absolute atomic E-state index is 0.0428. The maximum Gasteiger partial charge on any atom is 0.419 e. The quantitative estimate of drug-likeness (QED) is 0.794. The largest absolute Gasteiger partial charge is 0.456 e. The molecule has 0 unspecified atom stereocenters. The van der Waals surface area contributed by atoms with Crippen LogP contribution < -0.4 is 11.1 Å². The summed E-state index contributed by atoms with van der Waals surface area (Å²) < 4.78 is 46.4. The monoisotopic (exact) mass is 346 g/mol. The Balaban J connectivity index is 1.82. The number of nitrogens with one attached hydrogen (secondary N) is 1. The summed E-state index contributed by atoms with van der Waals surface area (Å²) in [5, 5.41) is 1.57. The molecule has 24 heavy (non-hydrogen) atoms. The third kappa shape index (κ3) is 4.86. The Hall–Kier alpha value is -2.78. The maximum absolute atomic E-state index is 11.9. The van der Waals surface area contributed by atoms with Crippen LogP contribution in [0.1, 0.15) is 6.42 Å². The number of amides is 1. The topological polar surface area (TPSA) is 90.5 Å². The molecule has 1 N–H and O–H groups in total. The van der Waals surface area contributed by atoms with E-state index in [0.29, 0.717) is 11.1 Å². The van der Waals surface area contributed by atoms with Gasteiger partial charge in [-0.25, -0.2) is 4.79 Å². The molecule has 0 saturated heterocycles. The van der Waals surface area contributed by atoms with Gasteiger partial charge in [-0.3, -0.25) is 14.2 Å². The zero-order valence-corrected chi connectivity index (χ0v) is 12.3. The summed E-state index contributed by atoms with van der Waals surface area (Å²) in [6.45, 7) is -2.37. The number of esters is 1. The summed E-state index contributed by atoms with van der Waals surface area (Å²) in [6, 6.07) is 6.60. The molecule has 2 aromatic rings. The van der Waals surface area contributed by atoms with E-state index in [1.807, 2.05) is 0 Å². The fourth-order valence-electron chi connectivity index (χ4n) is 1.90. The van der Waals surface area contributed by atoms with Crippen LogP contribution in [0, 0.1) is 0 Å². The van der Waals surface area contributed by atoms with Crippen molar-refractivity contribution in [3.05, 3.63) is 34.8 Å². The second-order valence-electron chi connectivity index (χ2n) is 4.79. The van der Waals surface area contributed by atoms with Gasteiger partial charge in [0.05, 0.1) is 11.9 Å². The molecule has 0 aliphatic carbocycles. The highest BCUT2D eigenvalue weighted by atomic mass is 19.4. The number of fused-ring (bicyclic) bond motifs is 1. The van der Waals surface area contributed by atoms with Crippen LogP contribution in [0.3, 0.4) is 0 Å². The number of nitrogens with zero attached hydrogens (tertiary/aromatic N) is 1. The van der Waals surface area contributed by atoms with Gasteiger partial charge in [-0.2, -0.15) is 13.2 Å². The zero-order chi connectivity index (χ0) is 17.7. The number of aryl methyl sites for hydroxylation is 1. The van der Waals surface area contributed by atoms with E-state index in [-0.39, 0.29) is 13.0 Å². The molecule has 1 aromatic heterocycles. The molecule has 1 aromatic carbocycles. The van der Waals surface area contributed by atoms with Crippen LogP contribution in [0.25, 0.3) is 11.1 Å². The normalized spacial score (nSPS) is 11.5. The number of halogens is 3. The molecule has 10 heteroatoms. The number of carbonyl (C=O) groups is 2. The van der Waals surface area contributed by atoms with E-state index >= 15 is 0 Å². The summed E-state index contributed by atoms with van der Waals surface area (Å²) >= 11 is 0. The van der Waals surface area contributed by atoms with Gasteiger partial charge in [-0.05, 0) is 12.1 Å². The Morgan fingerprint density at radius 3 is 2.67 bits per heavy atom. The molecular weight excluding hydrogens is 333 g/mol. The predicted molar refractivity (Wildman–Crippen MR) is 75.1 cm³/mol. The smallest absolute Gasteiger partial charge is 0.419 e. The molecule has 0 bridgehead atoms. The van der Waals surface area contributed by atoms with Gasteiger partial charge in [0.25, 0.3) is 5.91 Å². The third-order valence-electron chi connectivity index (χ3n) is 2.96. The van der Waals surface area contributed by atoms with E-state index < -0.39 is 37.0 Å². The number of ether oxygens (including phenoxy) is 1. The number of oxazole rings is 1. The highest BCUT2D eigenvalue weighted by Gasteiger charge is 2.27. The minimum atomic E-state index is -4.54. The predicted octanol–water partition coefficient (Wildman–Crippen LogP) is 1.21. The molecule has 0 radical (unpaired) electrons. The molecule has 7 nitrogen and oxygen atoms in total. The van der Waals surface area contributed by atoms with Gasteiger partial charge in [-0.15, -0.1) is 0 Å². The summed E-state index contributed by atoms with van der Waals surface area (Å²) in [5.74, 6) is -2.53. The molecule has 1 heterocycles. The molecule has 0 saturated carbocycles. The third-order valence-corrected chi connectivity index (χ3v) is 2.96. The number of carbonyl (C=O) groups excluding carboxylic acids is 2. The van der Waals surface area contributed by atoms with Crippen molar-refractivity contribution in [2.24, 2.45) is 0 Å². The fourth-order valence-corrected chi connectivity index (χ4v) is 1.90. The van der Waals surface area contributed by atoms with Gasteiger partial charge in [0.1, 0.15) is 6.54 Å². The Kier molecular flexibility index (Phi) is 5.27. The average molecular weight is 346 g/mol. The minimum Gasteiger partial charge on any atom is -0.456 e. The molecule has 130 valence electrons. The van der Waals surface area contributed by atoms with Crippen molar-refractivity contribution >= 4 is 23.0 Å². The first kappa shape index (κ1) is 17.6. The van der Waals surface area contributed by atoms with Gasteiger partial charge in [0.2, 0.25) is 0 Å². The lowest BCUT2D eigenvalue weighted by atomic mass is 10.3. The van der Waals surface area contributed by atoms with Crippen LogP contribution in [0.2, 0.25) is 0 Å². The van der Waals surface area contributed by atoms with E-state index in [1.54, 1.807) is 29.6 Å². The number of aromatic nitrogens is 1. The van der Waals surface area contributed by atoms with E-state index in [4.69, 9.17) is 4.42 Å². The molecular formula is C14H13F3N2O5. The van der Waals surface area contributed by atoms with Crippen LogP contribution in [-0.4, -0.2) is 35.8 Å². The lowest BCUT2D eigenvalue weighted by molar-refractivity contribution is -0.151. The van der Waals surface area contributed by atoms with Crippen LogP contribution in [-0.2, 0) is 20.9 Å². The molecule has 0 aliphatic rings. The van der Waals surface area contributed by atoms with E-state index in [9.17, 15) is 27.6 Å².